The van der Waals surface area contributed by atoms with Crippen LogP contribution in [0.15, 0.2) is 0 Å². The molecular weight excluding hydrogens is 189 g/mol. The van der Waals surface area contributed by atoms with Gasteiger partial charge in [0.1, 0.15) is 0 Å². The van der Waals surface area contributed by atoms with E-state index >= 15 is 0 Å². The Labute approximate surface area is 88.7 Å². The monoisotopic (exact) mass is 211 g/mol. The predicted molar refractivity (Wildman–Crippen MR) is 67.7 cm³/mol. The van der Waals surface area contributed by atoms with Gasteiger partial charge < -0.3 is 4.85 Å². The van der Waals surface area contributed by atoms with Gasteiger partial charge >= 0.3 is 0 Å². The molecule has 0 amide bonds. The van der Waals surface area contributed by atoms with Crippen molar-refractivity contribution in [2.45, 2.75) is 39.2 Å². The molecule has 0 aromatic rings. The molecule has 1 aliphatic rings. The first-order valence-electron chi connectivity index (χ1n) is 5.30. The minimum absolute atomic E-state index is 0.107. The molecule has 80 valence electrons. The van der Waals surface area contributed by atoms with E-state index in [1.165, 1.54) is 12.3 Å². The maximum atomic E-state index is 7.45. The summed E-state index contributed by atoms with van der Waals surface area (Å²) < 4.78 is 0. The van der Waals surface area contributed by atoms with Gasteiger partial charge in [0.05, 0.1) is 0 Å². The van der Waals surface area contributed by atoms with E-state index in [1.54, 1.807) is 0 Å². The Bertz CT molecular complexity index is 291. The fourth-order valence-electron chi connectivity index (χ4n) is 2.18. The third kappa shape index (κ3) is 2.06. The van der Waals surface area contributed by atoms with Gasteiger partial charge in [-0.25, -0.2) is 6.57 Å². The van der Waals surface area contributed by atoms with Crippen LogP contribution in [-0.4, -0.2) is 30.8 Å². The third-order valence-electron chi connectivity index (χ3n) is 3.74. The van der Waals surface area contributed by atoms with Crippen LogP contribution in [0.3, 0.4) is 0 Å². The van der Waals surface area contributed by atoms with E-state index in [1.807, 2.05) is 0 Å². The fraction of sp³-hybridized carbons (Fsp3) is 0.833. The topological polar surface area (TPSA) is 4.36 Å². The van der Waals surface area contributed by atoms with Gasteiger partial charge in [0.25, 0.3) is 0 Å². The normalized spacial score (nSPS) is 39.1. The first kappa shape index (κ1) is 11.9. The van der Waals surface area contributed by atoms with E-state index in [0.717, 1.165) is 12.8 Å². The van der Waals surface area contributed by atoms with Crippen molar-refractivity contribution >= 4 is 13.2 Å². The summed E-state index contributed by atoms with van der Waals surface area (Å²) >= 11 is 0. The second-order valence-electron chi connectivity index (χ2n) is 5.96. The van der Waals surface area contributed by atoms with Crippen LogP contribution in [0.25, 0.3) is 4.85 Å². The molecule has 1 fully saturated rings. The molecule has 0 aliphatic carbocycles. The third-order valence-corrected chi connectivity index (χ3v) is 6.35. The largest absolute Gasteiger partial charge is 0.310 e. The van der Waals surface area contributed by atoms with E-state index in [2.05, 4.69) is 38.6 Å². The SMILES string of the molecule is [C-]#[N+]C1(C(C)(C)C)CCP(=C)(C)CC1. The minimum atomic E-state index is -0.893. The maximum absolute atomic E-state index is 7.45. The molecule has 0 saturated carbocycles. The highest BCUT2D eigenvalue weighted by atomic mass is 31.2. The smallest absolute Gasteiger partial charge is 0.238 e. The Morgan fingerprint density at radius 2 is 1.71 bits per heavy atom. The average Bonchev–Trinajstić information content (AvgIpc) is 2.03. The number of hydrogen-bond donors (Lipinski definition) is 0. The highest BCUT2D eigenvalue weighted by Gasteiger charge is 2.50. The van der Waals surface area contributed by atoms with E-state index in [4.69, 9.17) is 6.57 Å². The zero-order chi connectivity index (χ0) is 11.0. The number of nitrogens with zero attached hydrogens (tertiary/aromatic N) is 1. The van der Waals surface area contributed by atoms with Crippen LogP contribution < -0.4 is 0 Å². The minimum Gasteiger partial charge on any atom is -0.310 e. The fourth-order valence-corrected chi connectivity index (χ4v) is 4.22. The van der Waals surface area contributed by atoms with Crippen LogP contribution in [0.1, 0.15) is 33.6 Å². The molecule has 0 radical (unpaired) electrons. The summed E-state index contributed by atoms with van der Waals surface area (Å²) in [5, 5.41) is 0. The lowest BCUT2D eigenvalue weighted by atomic mass is 9.70. The lowest BCUT2D eigenvalue weighted by Gasteiger charge is -2.40. The van der Waals surface area contributed by atoms with Crippen molar-refractivity contribution in [1.29, 1.82) is 0 Å². The molecule has 0 aromatic heterocycles. The van der Waals surface area contributed by atoms with Crippen molar-refractivity contribution in [3.8, 4) is 0 Å². The van der Waals surface area contributed by atoms with Gasteiger partial charge in [0, 0.05) is 18.3 Å². The van der Waals surface area contributed by atoms with Crippen LogP contribution in [-0.2, 0) is 0 Å². The van der Waals surface area contributed by atoms with E-state index < -0.39 is 6.89 Å². The van der Waals surface area contributed by atoms with Gasteiger partial charge in [-0.1, -0.05) is 20.8 Å². The lowest BCUT2D eigenvalue weighted by molar-refractivity contribution is 0.215. The predicted octanol–water partition coefficient (Wildman–Crippen LogP) is 3.56. The van der Waals surface area contributed by atoms with Crippen molar-refractivity contribution in [1.82, 2.24) is 0 Å². The van der Waals surface area contributed by atoms with E-state index in [9.17, 15) is 0 Å². The average molecular weight is 211 g/mol. The Morgan fingerprint density at radius 1 is 1.29 bits per heavy atom. The zero-order valence-corrected chi connectivity index (χ0v) is 10.8. The number of rotatable bonds is 0. The molecule has 0 bridgehead atoms. The number of hydrogen-bond acceptors (Lipinski definition) is 0. The quantitative estimate of drug-likeness (QED) is 0.426. The standard InChI is InChI=1S/C12H22NP/c1-11(2,3)12(13-4)7-9-14(5,6)10-8-12/h5,7-10H2,1-3,6H3. The highest BCUT2D eigenvalue weighted by molar-refractivity contribution is 7.73. The van der Waals surface area contributed by atoms with Gasteiger partial charge in [-0.05, 0) is 19.0 Å². The summed E-state index contributed by atoms with van der Waals surface area (Å²) in [5.41, 5.74) is 0.0133. The Morgan fingerprint density at radius 3 is 2.00 bits per heavy atom. The molecule has 14 heavy (non-hydrogen) atoms. The van der Waals surface area contributed by atoms with Crippen LogP contribution in [0.4, 0.5) is 0 Å². The molecule has 1 nitrogen and oxygen atoms in total. The van der Waals surface area contributed by atoms with Gasteiger partial charge in [-0.15, -0.1) is 13.2 Å². The Hall–Kier alpha value is -0.210. The molecule has 0 N–H and O–H groups in total. The van der Waals surface area contributed by atoms with Crippen LogP contribution in [0.2, 0.25) is 0 Å². The summed E-state index contributed by atoms with van der Waals surface area (Å²) in [6.45, 7) is 15.5. The van der Waals surface area contributed by atoms with Crippen LogP contribution in [0, 0.1) is 12.0 Å². The molecule has 0 aromatic carbocycles. The van der Waals surface area contributed by atoms with E-state index in [-0.39, 0.29) is 11.0 Å². The van der Waals surface area contributed by atoms with Crippen molar-refractivity contribution in [2.24, 2.45) is 5.41 Å². The first-order chi connectivity index (χ1) is 6.22. The molecule has 1 rings (SSSR count). The summed E-state index contributed by atoms with van der Waals surface area (Å²) in [5.74, 6) is 0. The highest BCUT2D eigenvalue weighted by Crippen LogP contribution is 2.54. The van der Waals surface area contributed by atoms with Crippen molar-refractivity contribution in [3.63, 3.8) is 0 Å². The van der Waals surface area contributed by atoms with Crippen molar-refractivity contribution in [2.75, 3.05) is 19.0 Å². The Kier molecular flexibility index (Phi) is 2.90. The van der Waals surface area contributed by atoms with E-state index in [0.29, 0.717) is 0 Å². The molecule has 0 unspecified atom stereocenters. The maximum Gasteiger partial charge on any atom is 0.238 e. The molecule has 1 aliphatic heterocycles. The molecule has 0 spiro atoms. The van der Waals surface area contributed by atoms with Crippen molar-refractivity contribution < 1.29 is 0 Å². The van der Waals surface area contributed by atoms with Gasteiger partial charge in [0.15, 0.2) is 0 Å². The Balaban J connectivity index is 2.89. The first-order valence-corrected chi connectivity index (χ1v) is 8.09. The molecule has 0 atom stereocenters. The summed E-state index contributed by atoms with van der Waals surface area (Å²) in [6.07, 6.45) is 8.85. The van der Waals surface area contributed by atoms with Crippen LogP contribution in [0.5, 0.6) is 0 Å². The second-order valence-corrected chi connectivity index (χ2v) is 10.1. The summed E-state index contributed by atoms with van der Waals surface area (Å²) in [7, 11) is 0. The molecule has 2 heteroatoms. The van der Waals surface area contributed by atoms with Gasteiger partial charge in [-0.3, -0.25) is 0 Å². The van der Waals surface area contributed by atoms with Crippen LogP contribution >= 0.6 is 6.89 Å². The molecule has 1 saturated heterocycles. The summed E-state index contributed by atoms with van der Waals surface area (Å²) in [6, 6.07) is 0. The second kappa shape index (κ2) is 3.42. The molecule has 1 heterocycles. The van der Waals surface area contributed by atoms with Crippen molar-refractivity contribution in [3.05, 3.63) is 11.4 Å². The van der Waals surface area contributed by atoms with Gasteiger partial charge in [-0.2, -0.15) is 0 Å². The zero-order valence-electron chi connectivity index (χ0n) is 9.93. The van der Waals surface area contributed by atoms with Gasteiger partial charge in [0.2, 0.25) is 5.54 Å². The molecular formula is C12H22NP. The summed E-state index contributed by atoms with van der Waals surface area (Å²) in [4.78, 5) is 3.96. The lowest BCUT2D eigenvalue weighted by Crippen LogP contribution is -2.43.